The van der Waals surface area contributed by atoms with Gasteiger partial charge in [-0.25, -0.2) is 9.67 Å². The molecule has 0 N–H and O–H groups in total. The summed E-state index contributed by atoms with van der Waals surface area (Å²) in [5, 5.41) is 12.8. The van der Waals surface area contributed by atoms with E-state index in [0.29, 0.717) is 17.8 Å². The van der Waals surface area contributed by atoms with Crippen molar-refractivity contribution in [2.24, 2.45) is 0 Å². The van der Waals surface area contributed by atoms with Crippen LogP contribution in [-0.4, -0.2) is 46.5 Å². The van der Waals surface area contributed by atoms with E-state index in [1.54, 1.807) is 6.20 Å². The Morgan fingerprint density at radius 3 is 2.88 bits per heavy atom. The maximum atomic E-state index is 12.0. The standard InChI is InChI=1S/C17H15N7O2/c1-12-15(9-25)14-4-2-3-5-16(14)23(12)7-13-6-22(21-20-13)8-17(26)24-11-18-10-19-24/h2-6,9-11H,7-8H2,1H3. The largest absolute Gasteiger partial charge is 0.338 e. The SMILES string of the molecule is Cc1c(C=O)c2ccccc2n1Cc1cn(CC(=O)n2cncn2)nn1. The second-order valence-corrected chi connectivity index (χ2v) is 5.86. The number of carbonyl (C=O) groups excluding carboxylic acids is 2. The number of rotatable bonds is 5. The average molecular weight is 349 g/mol. The summed E-state index contributed by atoms with van der Waals surface area (Å²) in [4.78, 5) is 27.2. The average Bonchev–Trinajstić information content (AvgIpc) is 3.37. The zero-order chi connectivity index (χ0) is 18.1. The fourth-order valence-electron chi connectivity index (χ4n) is 3.01. The van der Waals surface area contributed by atoms with Gasteiger partial charge in [0.2, 0.25) is 0 Å². The minimum atomic E-state index is -0.259. The van der Waals surface area contributed by atoms with Gasteiger partial charge in [0.25, 0.3) is 5.91 Å². The molecule has 0 radical (unpaired) electrons. The van der Waals surface area contributed by atoms with Gasteiger partial charge in [-0.1, -0.05) is 23.4 Å². The maximum Gasteiger partial charge on any atom is 0.270 e. The number of hydrogen-bond donors (Lipinski definition) is 0. The number of aromatic nitrogens is 7. The maximum absolute atomic E-state index is 12.0. The highest BCUT2D eigenvalue weighted by molar-refractivity contribution is 5.99. The molecule has 0 fully saturated rings. The van der Waals surface area contributed by atoms with Crippen molar-refractivity contribution < 1.29 is 9.59 Å². The van der Waals surface area contributed by atoms with Crippen LogP contribution in [0.25, 0.3) is 10.9 Å². The normalized spacial score (nSPS) is 11.1. The van der Waals surface area contributed by atoms with Crippen molar-refractivity contribution in [2.75, 3.05) is 0 Å². The van der Waals surface area contributed by atoms with E-state index < -0.39 is 0 Å². The molecule has 0 atom stereocenters. The monoisotopic (exact) mass is 349 g/mol. The van der Waals surface area contributed by atoms with E-state index in [0.717, 1.165) is 27.6 Å². The second-order valence-electron chi connectivity index (χ2n) is 5.86. The molecule has 0 saturated carbocycles. The molecule has 0 bridgehead atoms. The summed E-state index contributed by atoms with van der Waals surface area (Å²) in [5.41, 5.74) is 3.20. The van der Waals surface area contributed by atoms with Crippen molar-refractivity contribution in [3.05, 3.63) is 60.1 Å². The molecule has 1 aromatic carbocycles. The Bertz CT molecular complexity index is 1090. The lowest BCUT2D eigenvalue weighted by molar-refractivity contribution is 0.0869. The summed E-state index contributed by atoms with van der Waals surface area (Å²) in [7, 11) is 0. The van der Waals surface area contributed by atoms with Crippen molar-refractivity contribution in [3.63, 3.8) is 0 Å². The molecule has 0 aliphatic carbocycles. The zero-order valence-corrected chi connectivity index (χ0v) is 14.0. The van der Waals surface area contributed by atoms with Gasteiger partial charge in [-0.15, -0.1) is 5.10 Å². The van der Waals surface area contributed by atoms with Gasteiger partial charge in [0.15, 0.2) is 6.29 Å². The molecule has 0 spiro atoms. The topological polar surface area (TPSA) is 100 Å². The van der Waals surface area contributed by atoms with Crippen LogP contribution in [0.4, 0.5) is 0 Å². The number of benzene rings is 1. The number of hydrogen-bond acceptors (Lipinski definition) is 6. The molecule has 3 heterocycles. The Kier molecular flexibility index (Phi) is 3.88. The predicted molar refractivity (Wildman–Crippen MR) is 91.8 cm³/mol. The van der Waals surface area contributed by atoms with Crippen LogP contribution in [0, 0.1) is 6.92 Å². The van der Waals surface area contributed by atoms with Gasteiger partial charge in [0.1, 0.15) is 24.9 Å². The molecule has 0 aliphatic heterocycles. The third-order valence-corrected chi connectivity index (χ3v) is 4.28. The number of aldehydes is 1. The number of nitrogens with zero attached hydrogens (tertiary/aromatic N) is 7. The van der Waals surface area contributed by atoms with Crippen LogP contribution in [0.5, 0.6) is 0 Å². The van der Waals surface area contributed by atoms with Crippen LogP contribution in [0.3, 0.4) is 0 Å². The van der Waals surface area contributed by atoms with Crippen LogP contribution in [0.1, 0.15) is 26.5 Å². The number of fused-ring (bicyclic) bond motifs is 1. The predicted octanol–water partition coefficient (Wildman–Crippen LogP) is 1.33. The zero-order valence-electron chi connectivity index (χ0n) is 14.0. The first-order chi connectivity index (χ1) is 12.7. The molecule has 0 amide bonds. The molecule has 9 nitrogen and oxygen atoms in total. The molecular weight excluding hydrogens is 334 g/mol. The lowest BCUT2D eigenvalue weighted by Crippen LogP contribution is -2.18. The lowest BCUT2D eigenvalue weighted by atomic mass is 10.1. The molecule has 3 aromatic heterocycles. The van der Waals surface area contributed by atoms with Crippen LogP contribution in [-0.2, 0) is 13.1 Å². The highest BCUT2D eigenvalue weighted by Crippen LogP contribution is 2.25. The first-order valence-corrected chi connectivity index (χ1v) is 7.97. The minimum Gasteiger partial charge on any atom is -0.338 e. The summed E-state index contributed by atoms with van der Waals surface area (Å²) in [6, 6.07) is 7.73. The Hall–Kier alpha value is -3.62. The Labute approximate surface area is 147 Å². The van der Waals surface area contributed by atoms with E-state index in [9.17, 15) is 9.59 Å². The quantitative estimate of drug-likeness (QED) is 0.504. The van der Waals surface area contributed by atoms with E-state index >= 15 is 0 Å². The summed E-state index contributed by atoms with van der Waals surface area (Å²) < 4.78 is 4.63. The van der Waals surface area contributed by atoms with E-state index in [1.165, 1.54) is 17.3 Å². The smallest absolute Gasteiger partial charge is 0.270 e. The van der Waals surface area contributed by atoms with Gasteiger partial charge >= 0.3 is 0 Å². The highest BCUT2D eigenvalue weighted by Gasteiger charge is 2.15. The lowest BCUT2D eigenvalue weighted by Gasteiger charge is -2.05. The van der Waals surface area contributed by atoms with Gasteiger partial charge in [0.05, 0.1) is 12.7 Å². The first-order valence-electron chi connectivity index (χ1n) is 7.97. The Balaban J connectivity index is 1.60. The molecule has 130 valence electrons. The van der Waals surface area contributed by atoms with Crippen molar-refractivity contribution in [3.8, 4) is 0 Å². The summed E-state index contributed by atoms with van der Waals surface area (Å²) in [6.07, 6.45) is 5.23. The molecule has 4 rings (SSSR count). The third kappa shape index (κ3) is 2.69. The summed E-state index contributed by atoms with van der Waals surface area (Å²) >= 11 is 0. The van der Waals surface area contributed by atoms with Gasteiger partial charge in [-0.05, 0) is 13.0 Å². The molecule has 0 saturated heterocycles. The molecule has 4 aromatic rings. The number of carbonyl (C=O) groups is 2. The van der Waals surface area contributed by atoms with E-state index in [2.05, 4.69) is 20.4 Å². The van der Waals surface area contributed by atoms with Crippen LogP contribution in [0.2, 0.25) is 0 Å². The fourth-order valence-corrected chi connectivity index (χ4v) is 3.01. The van der Waals surface area contributed by atoms with Gasteiger partial charge in [-0.3, -0.25) is 9.59 Å². The van der Waals surface area contributed by atoms with Crippen LogP contribution < -0.4 is 0 Å². The number of para-hydroxylation sites is 1. The molecular formula is C17H15N7O2. The van der Waals surface area contributed by atoms with Crippen LogP contribution in [0.15, 0.2) is 43.1 Å². The van der Waals surface area contributed by atoms with E-state index in [1.807, 2.05) is 35.8 Å². The van der Waals surface area contributed by atoms with Gasteiger partial charge < -0.3 is 4.57 Å². The first kappa shape index (κ1) is 15.9. The molecule has 26 heavy (non-hydrogen) atoms. The highest BCUT2D eigenvalue weighted by atomic mass is 16.2. The van der Waals surface area contributed by atoms with Crippen molar-refractivity contribution >= 4 is 23.1 Å². The Morgan fingerprint density at radius 2 is 2.12 bits per heavy atom. The molecule has 0 aliphatic rings. The van der Waals surface area contributed by atoms with E-state index in [-0.39, 0.29) is 12.5 Å². The molecule has 9 heteroatoms. The van der Waals surface area contributed by atoms with E-state index in [4.69, 9.17) is 0 Å². The Morgan fingerprint density at radius 1 is 1.27 bits per heavy atom. The molecule has 0 unspecified atom stereocenters. The van der Waals surface area contributed by atoms with Gasteiger partial charge in [0, 0.05) is 22.2 Å². The van der Waals surface area contributed by atoms with Crippen molar-refractivity contribution in [1.82, 2.24) is 34.3 Å². The third-order valence-electron chi connectivity index (χ3n) is 4.28. The summed E-state index contributed by atoms with van der Waals surface area (Å²) in [6.45, 7) is 2.38. The van der Waals surface area contributed by atoms with Crippen molar-refractivity contribution in [2.45, 2.75) is 20.0 Å². The van der Waals surface area contributed by atoms with Crippen LogP contribution >= 0.6 is 0 Å². The fraction of sp³-hybridized carbons (Fsp3) is 0.176. The second kappa shape index (κ2) is 6.36. The van der Waals surface area contributed by atoms with Gasteiger partial charge in [-0.2, -0.15) is 9.78 Å². The van der Waals surface area contributed by atoms with Crippen molar-refractivity contribution in [1.29, 1.82) is 0 Å². The summed E-state index contributed by atoms with van der Waals surface area (Å²) in [5.74, 6) is -0.259. The minimum absolute atomic E-state index is 0.0152.